The topological polar surface area (TPSA) is 116 Å². The number of ether oxygens (including phenoxy) is 1. The second kappa shape index (κ2) is 7.58. The Bertz CT molecular complexity index is 933. The van der Waals surface area contributed by atoms with Crippen LogP contribution >= 0.6 is 11.6 Å². The minimum absolute atomic E-state index is 0.0314. The number of anilines is 1. The summed E-state index contributed by atoms with van der Waals surface area (Å²) in [4.78, 5) is 34.9. The van der Waals surface area contributed by atoms with E-state index in [1.807, 2.05) is 0 Å². The summed E-state index contributed by atoms with van der Waals surface area (Å²) in [6.45, 7) is 0.0363. The zero-order valence-corrected chi connectivity index (χ0v) is 14.7. The first-order valence-corrected chi connectivity index (χ1v) is 8.39. The molecule has 1 aliphatic rings. The Balaban J connectivity index is 1.77. The molecule has 0 fully saturated rings. The Morgan fingerprint density at radius 1 is 1.15 bits per heavy atom. The number of nitro groups is 2. The van der Waals surface area contributed by atoms with Crippen LogP contribution < -0.4 is 9.64 Å². The van der Waals surface area contributed by atoms with Crippen LogP contribution in [-0.4, -0.2) is 28.9 Å². The summed E-state index contributed by atoms with van der Waals surface area (Å²) in [5.74, 6) is -0.451. The van der Waals surface area contributed by atoms with E-state index in [4.69, 9.17) is 16.3 Å². The van der Waals surface area contributed by atoms with Gasteiger partial charge in [0.2, 0.25) is 0 Å². The first kappa shape index (κ1) is 18.6. The third-order valence-corrected chi connectivity index (χ3v) is 4.40. The number of nitrogens with zero attached hydrogens (tertiary/aromatic N) is 3. The average Bonchev–Trinajstić information content (AvgIpc) is 2.65. The first-order valence-electron chi connectivity index (χ1n) is 8.01. The summed E-state index contributed by atoms with van der Waals surface area (Å²) in [7, 11) is 0. The van der Waals surface area contributed by atoms with E-state index in [9.17, 15) is 25.0 Å². The Morgan fingerprint density at radius 2 is 1.93 bits per heavy atom. The average molecular weight is 392 g/mol. The van der Waals surface area contributed by atoms with Gasteiger partial charge >= 0.3 is 5.69 Å². The number of amides is 1. The molecular weight excluding hydrogens is 378 g/mol. The molecule has 0 aromatic heterocycles. The van der Waals surface area contributed by atoms with Gasteiger partial charge in [-0.05, 0) is 36.6 Å². The van der Waals surface area contributed by atoms with E-state index in [0.29, 0.717) is 30.6 Å². The predicted octanol–water partition coefficient (Wildman–Crippen LogP) is 3.51. The van der Waals surface area contributed by atoms with Gasteiger partial charge < -0.3 is 9.64 Å². The highest BCUT2D eigenvalue weighted by molar-refractivity contribution is 6.30. The van der Waals surface area contributed by atoms with Crippen LogP contribution in [0.2, 0.25) is 5.02 Å². The van der Waals surface area contributed by atoms with Crippen molar-refractivity contribution in [3.63, 3.8) is 0 Å². The fourth-order valence-electron chi connectivity index (χ4n) is 2.93. The van der Waals surface area contributed by atoms with Crippen LogP contribution in [0.1, 0.15) is 12.0 Å². The van der Waals surface area contributed by atoms with E-state index in [1.54, 1.807) is 0 Å². The number of aryl methyl sites for hydroxylation is 1. The fourth-order valence-corrected chi connectivity index (χ4v) is 3.10. The molecule has 1 heterocycles. The molecule has 0 unspecified atom stereocenters. The van der Waals surface area contributed by atoms with Crippen LogP contribution in [0.15, 0.2) is 36.4 Å². The van der Waals surface area contributed by atoms with Crippen molar-refractivity contribution in [3.05, 3.63) is 67.2 Å². The van der Waals surface area contributed by atoms with Crippen LogP contribution in [-0.2, 0) is 11.2 Å². The van der Waals surface area contributed by atoms with Crippen molar-refractivity contribution in [3.8, 4) is 5.75 Å². The summed E-state index contributed by atoms with van der Waals surface area (Å²) in [6.07, 6.45) is 1.28. The van der Waals surface area contributed by atoms with Crippen molar-refractivity contribution in [2.45, 2.75) is 12.8 Å². The van der Waals surface area contributed by atoms with Crippen molar-refractivity contribution in [1.82, 2.24) is 0 Å². The minimum Gasteiger partial charge on any atom is -0.477 e. The van der Waals surface area contributed by atoms with Gasteiger partial charge in [-0.1, -0.05) is 11.6 Å². The van der Waals surface area contributed by atoms with E-state index >= 15 is 0 Å². The molecule has 1 aliphatic heterocycles. The number of rotatable bonds is 5. The molecule has 140 valence electrons. The zero-order valence-electron chi connectivity index (χ0n) is 14.0. The summed E-state index contributed by atoms with van der Waals surface area (Å²) < 4.78 is 5.35. The number of carbonyl (C=O) groups excluding carboxylic acids is 1. The number of hydrogen-bond acceptors (Lipinski definition) is 6. The molecule has 10 heteroatoms. The van der Waals surface area contributed by atoms with Gasteiger partial charge in [-0.25, -0.2) is 0 Å². The van der Waals surface area contributed by atoms with Gasteiger partial charge in [0, 0.05) is 35.5 Å². The number of halogens is 1. The van der Waals surface area contributed by atoms with Crippen LogP contribution in [0.5, 0.6) is 5.75 Å². The van der Waals surface area contributed by atoms with Gasteiger partial charge in [-0.2, -0.15) is 0 Å². The third kappa shape index (κ3) is 3.98. The van der Waals surface area contributed by atoms with Gasteiger partial charge in [-0.3, -0.25) is 25.0 Å². The van der Waals surface area contributed by atoms with Crippen LogP contribution in [0.3, 0.4) is 0 Å². The molecule has 3 rings (SSSR count). The molecule has 0 radical (unpaired) electrons. The van der Waals surface area contributed by atoms with E-state index in [-0.39, 0.29) is 22.1 Å². The summed E-state index contributed by atoms with van der Waals surface area (Å²) >= 11 is 5.75. The van der Waals surface area contributed by atoms with Gasteiger partial charge in [0.15, 0.2) is 12.4 Å². The zero-order chi connectivity index (χ0) is 19.6. The molecule has 1 amide bonds. The lowest BCUT2D eigenvalue weighted by Crippen LogP contribution is -2.38. The highest BCUT2D eigenvalue weighted by Gasteiger charge is 2.25. The molecule has 0 atom stereocenters. The fraction of sp³-hybridized carbons (Fsp3) is 0.235. The molecule has 27 heavy (non-hydrogen) atoms. The Labute approximate surface area is 158 Å². The number of nitro benzene ring substituents is 2. The van der Waals surface area contributed by atoms with E-state index in [0.717, 1.165) is 6.07 Å². The summed E-state index contributed by atoms with van der Waals surface area (Å²) in [6, 6.07) is 8.26. The number of non-ortho nitro benzene ring substituents is 1. The monoisotopic (exact) mass is 391 g/mol. The van der Waals surface area contributed by atoms with Crippen molar-refractivity contribution in [2.75, 3.05) is 18.1 Å². The molecule has 0 saturated carbocycles. The Kier molecular flexibility index (Phi) is 5.22. The highest BCUT2D eigenvalue weighted by atomic mass is 35.5. The maximum absolute atomic E-state index is 12.6. The van der Waals surface area contributed by atoms with E-state index in [2.05, 4.69) is 0 Å². The maximum atomic E-state index is 12.6. The number of fused-ring (bicyclic) bond motifs is 1. The van der Waals surface area contributed by atoms with Crippen molar-refractivity contribution >= 4 is 34.6 Å². The van der Waals surface area contributed by atoms with Crippen LogP contribution in [0.25, 0.3) is 0 Å². The Morgan fingerprint density at radius 3 is 2.63 bits per heavy atom. The van der Waals surface area contributed by atoms with Gasteiger partial charge in [0.25, 0.3) is 11.6 Å². The SMILES string of the molecule is O=C(COc1ccc(Cl)cc1[N+](=O)[O-])N1CCCc2cc([N+](=O)[O-])ccc21. The molecule has 0 bridgehead atoms. The van der Waals surface area contributed by atoms with Crippen LogP contribution in [0.4, 0.5) is 17.1 Å². The highest BCUT2D eigenvalue weighted by Crippen LogP contribution is 2.32. The predicted molar refractivity (Wildman–Crippen MR) is 97.4 cm³/mol. The molecule has 0 aliphatic carbocycles. The quantitative estimate of drug-likeness (QED) is 0.568. The molecule has 0 N–H and O–H groups in total. The van der Waals surface area contributed by atoms with Crippen molar-refractivity contribution in [2.24, 2.45) is 0 Å². The minimum atomic E-state index is -0.638. The van der Waals surface area contributed by atoms with Gasteiger partial charge in [-0.15, -0.1) is 0 Å². The number of benzene rings is 2. The lowest BCUT2D eigenvalue weighted by molar-refractivity contribution is -0.385. The maximum Gasteiger partial charge on any atom is 0.312 e. The van der Waals surface area contributed by atoms with E-state index < -0.39 is 22.4 Å². The molecule has 9 nitrogen and oxygen atoms in total. The Hall–Kier alpha value is -3.20. The molecule has 2 aromatic carbocycles. The molecule has 0 saturated heterocycles. The van der Waals surface area contributed by atoms with E-state index in [1.165, 1.54) is 35.2 Å². The second-order valence-corrected chi connectivity index (χ2v) is 6.31. The lowest BCUT2D eigenvalue weighted by atomic mass is 10.0. The van der Waals surface area contributed by atoms with Crippen molar-refractivity contribution < 1.29 is 19.4 Å². The summed E-state index contributed by atoms with van der Waals surface area (Å²) in [5, 5.41) is 22.2. The second-order valence-electron chi connectivity index (χ2n) is 5.88. The van der Waals surface area contributed by atoms with Gasteiger partial charge in [0.1, 0.15) is 0 Å². The summed E-state index contributed by atoms with van der Waals surface area (Å²) in [5.41, 5.74) is 0.938. The number of hydrogen-bond donors (Lipinski definition) is 0. The molecule has 0 spiro atoms. The first-order chi connectivity index (χ1) is 12.9. The lowest BCUT2D eigenvalue weighted by Gasteiger charge is -2.29. The standard InChI is InChI=1S/C17H14ClN3O6/c18-12-3-6-16(15(9-12)21(25)26)27-10-17(22)19-7-1-2-11-8-13(20(23)24)4-5-14(11)19/h3-6,8-9H,1-2,7,10H2. The normalized spacial score (nSPS) is 13.0. The number of carbonyl (C=O) groups is 1. The largest absolute Gasteiger partial charge is 0.477 e. The third-order valence-electron chi connectivity index (χ3n) is 4.16. The van der Waals surface area contributed by atoms with Crippen LogP contribution in [0, 0.1) is 20.2 Å². The smallest absolute Gasteiger partial charge is 0.312 e. The van der Waals surface area contributed by atoms with Gasteiger partial charge in [0.05, 0.1) is 9.85 Å². The molecular formula is C17H14ClN3O6. The molecule has 2 aromatic rings. The van der Waals surface area contributed by atoms with Crippen molar-refractivity contribution in [1.29, 1.82) is 0 Å².